The van der Waals surface area contributed by atoms with Gasteiger partial charge in [0.2, 0.25) is 0 Å². The van der Waals surface area contributed by atoms with Crippen molar-refractivity contribution in [1.82, 2.24) is 14.7 Å². The Morgan fingerprint density at radius 1 is 1.36 bits per heavy atom. The third-order valence-corrected chi connectivity index (χ3v) is 3.38. The zero-order valence-electron chi connectivity index (χ0n) is 13.4. The van der Waals surface area contributed by atoms with Crippen LogP contribution in [-0.2, 0) is 4.74 Å². The quantitative estimate of drug-likeness (QED) is 0.738. The first-order chi connectivity index (χ1) is 10.6. The lowest BCUT2D eigenvalue weighted by atomic mass is 10.2. The second-order valence-electron chi connectivity index (χ2n) is 5.66. The van der Waals surface area contributed by atoms with Gasteiger partial charge < -0.3 is 9.64 Å². The lowest BCUT2D eigenvalue weighted by Gasteiger charge is -2.15. The topological polar surface area (TPSA) is 47.4 Å². The van der Waals surface area contributed by atoms with Crippen molar-refractivity contribution in [2.75, 3.05) is 20.6 Å². The Morgan fingerprint density at radius 2 is 2.18 bits per heavy atom. The van der Waals surface area contributed by atoms with Gasteiger partial charge in [-0.2, -0.15) is 5.10 Å². The first kappa shape index (κ1) is 16.2. The highest BCUT2D eigenvalue weighted by Gasteiger charge is 2.13. The fraction of sp³-hybridized carbons (Fsp3) is 0.412. The van der Waals surface area contributed by atoms with Crippen molar-refractivity contribution in [2.45, 2.75) is 25.9 Å². The lowest BCUT2D eigenvalue weighted by molar-refractivity contribution is 0.0317. The summed E-state index contributed by atoms with van der Waals surface area (Å²) in [6.45, 7) is 2.93. The van der Waals surface area contributed by atoms with Crippen LogP contribution in [0.4, 0.5) is 0 Å². The van der Waals surface area contributed by atoms with Crippen molar-refractivity contribution in [3.05, 3.63) is 48.3 Å². The minimum atomic E-state index is -0.286. The summed E-state index contributed by atoms with van der Waals surface area (Å²) >= 11 is 0. The van der Waals surface area contributed by atoms with E-state index in [-0.39, 0.29) is 12.1 Å². The van der Waals surface area contributed by atoms with Crippen LogP contribution in [0.5, 0.6) is 0 Å². The van der Waals surface area contributed by atoms with Crippen LogP contribution in [-0.4, -0.2) is 47.4 Å². The van der Waals surface area contributed by atoms with E-state index in [1.165, 1.54) is 0 Å². The molecule has 22 heavy (non-hydrogen) atoms. The van der Waals surface area contributed by atoms with E-state index in [1.54, 1.807) is 23.0 Å². The standard InChI is InChI=1S/C17H23N3O2/c1-14(7-5-11-19(2)3)22-17(21)15-8-4-9-16(13-15)20-12-6-10-18-20/h4,6,8-10,12-14H,5,7,11H2,1-3H3/t14-/m0/s1. The molecular formula is C17H23N3O2. The Labute approximate surface area is 131 Å². The summed E-state index contributed by atoms with van der Waals surface area (Å²) in [5.41, 5.74) is 1.40. The first-order valence-electron chi connectivity index (χ1n) is 7.52. The van der Waals surface area contributed by atoms with E-state index in [4.69, 9.17) is 4.74 Å². The third-order valence-electron chi connectivity index (χ3n) is 3.38. The maximum absolute atomic E-state index is 12.2. The van der Waals surface area contributed by atoms with Gasteiger partial charge in [-0.15, -0.1) is 0 Å². The molecule has 5 nitrogen and oxygen atoms in total. The molecule has 0 unspecified atom stereocenters. The normalized spacial score (nSPS) is 12.4. The molecule has 1 heterocycles. The summed E-state index contributed by atoms with van der Waals surface area (Å²) in [4.78, 5) is 14.3. The van der Waals surface area contributed by atoms with E-state index in [9.17, 15) is 4.79 Å². The van der Waals surface area contributed by atoms with E-state index in [1.807, 2.05) is 45.4 Å². The van der Waals surface area contributed by atoms with Gasteiger partial charge in [0, 0.05) is 12.4 Å². The highest BCUT2D eigenvalue weighted by Crippen LogP contribution is 2.13. The summed E-state index contributed by atoms with van der Waals surface area (Å²) in [5, 5.41) is 4.16. The molecule has 0 radical (unpaired) electrons. The molecule has 1 aromatic heterocycles. The number of carbonyl (C=O) groups excluding carboxylic acids is 1. The Kier molecular flexibility index (Phi) is 5.72. The van der Waals surface area contributed by atoms with Crippen molar-refractivity contribution in [1.29, 1.82) is 0 Å². The molecule has 2 aromatic rings. The fourth-order valence-electron chi connectivity index (χ4n) is 2.20. The van der Waals surface area contributed by atoms with Crippen LogP contribution in [0, 0.1) is 0 Å². The molecule has 5 heteroatoms. The monoisotopic (exact) mass is 301 g/mol. The number of esters is 1. The molecule has 0 N–H and O–H groups in total. The molecule has 0 aliphatic heterocycles. The molecule has 1 atom stereocenters. The minimum Gasteiger partial charge on any atom is -0.459 e. The Bertz CT molecular complexity index is 594. The second kappa shape index (κ2) is 7.75. The van der Waals surface area contributed by atoms with Gasteiger partial charge in [-0.1, -0.05) is 6.07 Å². The average Bonchev–Trinajstić information content (AvgIpc) is 3.01. The van der Waals surface area contributed by atoms with Gasteiger partial charge in [-0.25, -0.2) is 9.48 Å². The molecule has 0 saturated heterocycles. The molecule has 0 fully saturated rings. The summed E-state index contributed by atoms with van der Waals surface area (Å²) < 4.78 is 7.22. The number of ether oxygens (including phenoxy) is 1. The van der Waals surface area contributed by atoms with Crippen LogP contribution < -0.4 is 0 Å². The molecule has 2 rings (SSSR count). The van der Waals surface area contributed by atoms with Crippen molar-refractivity contribution >= 4 is 5.97 Å². The number of hydrogen-bond acceptors (Lipinski definition) is 4. The van der Waals surface area contributed by atoms with Gasteiger partial charge in [0.25, 0.3) is 0 Å². The second-order valence-corrected chi connectivity index (χ2v) is 5.66. The maximum Gasteiger partial charge on any atom is 0.338 e. The maximum atomic E-state index is 12.2. The van der Waals surface area contributed by atoms with Gasteiger partial charge in [0.1, 0.15) is 0 Å². The largest absolute Gasteiger partial charge is 0.459 e. The van der Waals surface area contributed by atoms with Crippen LogP contribution >= 0.6 is 0 Å². The van der Waals surface area contributed by atoms with Crippen LogP contribution in [0.25, 0.3) is 5.69 Å². The minimum absolute atomic E-state index is 0.0826. The van der Waals surface area contributed by atoms with Crippen molar-refractivity contribution in [3.8, 4) is 5.69 Å². The molecule has 0 bridgehead atoms. The van der Waals surface area contributed by atoms with E-state index in [2.05, 4.69) is 10.00 Å². The molecule has 0 amide bonds. The summed E-state index contributed by atoms with van der Waals surface area (Å²) in [7, 11) is 4.08. The molecule has 0 saturated carbocycles. The van der Waals surface area contributed by atoms with E-state index < -0.39 is 0 Å². The zero-order valence-corrected chi connectivity index (χ0v) is 13.4. The summed E-state index contributed by atoms with van der Waals surface area (Å²) in [5.74, 6) is -0.286. The van der Waals surface area contributed by atoms with Crippen molar-refractivity contribution in [3.63, 3.8) is 0 Å². The fourth-order valence-corrected chi connectivity index (χ4v) is 2.20. The van der Waals surface area contributed by atoms with Crippen LogP contribution in [0.15, 0.2) is 42.7 Å². The lowest BCUT2D eigenvalue weighted by Crippen LogP contribution is -2.18. The van der Waals surface area contributed by atoms with Crippen molar-refractivity contribution < 1.29 is 9.53 Å². The van der Waals surface area contributed by atoms with Gasteiger partial charge in [-0.3, -0.25) is 0 Å². The van der Waals surface area contributed by atoms with E-state index in [0.717, 1.165) is 25.1 Å². The van der Waals surface area contributed by atoms with Gasteiger partial charge in [0.15, 0.2) is 0 Å². The Morgan fingerprint density at radius 3 is 2.86 bits per heavy atom. The van der Waals surface area contributed by atoms with Gasteiger partial charge >= 0.3 is 5.97 Å². The number of hydrogen-bond donors (Lipinski definition) is 0. The van der Waals surface area contributed by atoms with Gasteiger partial charge in [0.05, 0.1) is 17.4 Å². The molecule has 0 aliphatic carbocycles. The zero-order chi connectivity index (χ0) is 15.9. The predicted molar refractivity (Wildman–Crippen MR) is 86.2 cm³/mol. The smallest absolute Gasteiger partial charge is 0.338 e. The molecule has 118 valence electrons. The third kappa shape index (κ3) is 4.70. The van der Waals surface area contributed by atoms with Crippen LogP contribution in [0.1, 0.15) is 30.1 Å². The number of nitrogens with zero attached hydrogens (tertiary/aromatic N) is 3. The number of benzene rings is 1. The predicted octanol–water partition coefficient (Wildman–Crippen LogP) is 2.76. The SMILES string of the molecule is C[C@@H](CCCN(C)C)OC(=O)c1cccc(-n2cccn2)c1. The summed E-state index contributed by atoms with van der Waals surface area (Å²) in [6, 6.07) is 9.15. The van der Waals surface area contributed by atoms with Crippen LogP contribution in [0.3, 0.4) is 0 Å². The Balaban J connectivity index is 1.94. The molecule has 0 spiro atoms. The number of carbonyl (C=O) groups is 1. The van der Waals surface area contributed by atoms with Crippen molar-refractivity contribution in [2.24, 2.45) is 0 Å². The number of rotatable bonds is 7. The van der Waals surface area contributed by atoms with Crippen LogP contribution in [0.2, 0.25) is 0 Å². The van der Waals surface area contributed by atoms with E-state index >= 15 is 0 Å². The molecule has 0 aliphatic rings. The highest BCUT2D eigenvalue weighted by atomic mass is 16.5. The Hall–Kier alpha value is -2.14. The molecule has 1 aromatic carbocycles. The first-order valence-corrected chi connectivity index (χ1v) is 7.52. The van der Waals surface area contributed by atoms with E-state index in [0.29, 0.717) is 5.56 Å². The highest BCUT2D eigenvalue weighted by molar-refractivity contribution is 5.90. The van der Waals surface area contributed by atoms with Gasteiger partial charge in [-0.05, 0) is 64.7 Å². The average molecular weight is 301 g/mol. The number of aromatic nitrogens is 2. The molecular weight excluding hydrogens is 278 g/mol. The summed E-state index contributed by atoms with van der Waals surface area (Å²) in [6.07, 6.45) is 5.34.